The molecule has 0 spiro atoms. The van der Waals surface area contributed by atoms with E-state index < -0.39 is 36.2 Å². The average molecular weight is 329 g/mol. The first-order valence-electron chi connectivity index (χ1n) is 7.29. The summed E-state index contributed by atoms with van der Waals surface area (Å²) < 4.78 is 16.0. The van der Waals surface area contributed by atoms with Gasteiger partial charge in [-0.15, -0.1) is 0 Å². The zero-order chi connectivity index (χ0) is 17.6. The van der Waals surface area contributed by atoms with Gasteiger partial charge in [0.1, 0.15) is 12.2 Å². The minimum Gasteiger partial charge on any atom is -0.463 e. The number of azide groups is 1. The summed E-state index contributed by atoms with van der Waals surface area (Å²) in [5, 5.41) is 23.7. The minimum absolute atomic E-state index is 0.0896. The summed E-state index contributed by atoms with van der Waals surface area (Å²) in [6, 6.07) is 0. The summed E-state index contributed by atoms with van der Waals surface area (Å²) in [6.07, 6.45) is -4.18. The largest absolute Gasteiger partial charge is 0.463 e. The Bertz CT molecular complexity index is 489. The van der Waals surface area contributed by atoms with Crippen LogP contribution in [0.5, 0.6) is 0 Å². The molecule has 0 amide bonds. The molecule has 1 fully saturated rings. The molecule has 9 heteroatoms. The predicted molar refractivity (Wildman–Crippen MR) is 80.2 cm³/mol. The Kier molecular flexibility index (Phi) is 6.99. The summed E-state index contributed by atoms with van der Waals surface area (Å²) in [7, 11) is 0. The Balaban J connectivity index is 2.78. The maximum absolute atomic E-state index is 11.6. The predicted octanol–water partition coefficient (Wildman–Crippen LogP) is 1.05. The molecule has 1 aliphatic heterocycles. The number of esters is 1. The average Bonchev–Trinajstić information content (AvgIpc) is 2.81. The molecular weight excluding hydrogens is 306 g/mol. The first-order chi connectivity index (χ1) is 10.7. The molecule has 9 nitrogen and oxygen atoms in total. The van der Waals surface area contributed by atoms with Crippen LogP contribution in [0.3, 0.4) is 0 Å². The van der Waals surface area contributed by atoms with Gasteiger partial charge in [0.2, 0.25) is 0 Å². The highest BCUT2D eigenvalue weighted by atomic mass is 16.8. The molecule has 1 unspecified atom stereocenters. The highest BCUT2D eigenvalue weighted by Crippen LogP contribution is 2.33. The topological polar surface area (TPSA) is 134 Å². The second-order valence-electron chi connectivity index (χ2n) is 5.64. The number of aliphatic hydroxyl groups excluding tert-OH is 2. The lowest BCUT2D eigenvalue weighted by molar-refractivity contribution is -0.160. The van der Waals surface area contributed by atoms with Crippen LogP contribution in [0.1, 0.15) is 27.2 Å². The van der Waals surface area contributed by atoms with Gasteiger partial charge in [0.05, 0.1) is 25.4 Å². The van der Waals surface area contributed by atoms with Crippen molar-refractivity contribution in [3.05, 3.63) is 22.6 Å². The maximum atomic E-state index is 11.6. The fourth-order valence-electron chi connectivity index (χ4n) is 2.32. The summed E-state index contributed by atoms with van der Waals surface area (Å²) in [4.78, 5) is 14.1. The molecule has 0 aromatic heterocycles. The molecule has 4 atom stereocenters. The Morgan fingerprint density at radius 2 is 1.96 bits per heavy atom. The molecule has 1 heterocycles. The molecule has 0 aliphatic carbocycles. The van der Waals surface area contributed by atoms with Crippen molar-refractivity contribution < 1.29 is 29.2 Å². The Morgan fingerprint density at radius 1 is 1.39 bits per heavy atom. The summed E-state index contributed by atoms with van der Waals surface area (Å²) in [5.41, 5.74) is 8.42. The fourth-order valence-corrected chi connectivity index (χ4v) is 2.32. The number of nitrogens with zero attached hydrogens (tertiary/aromatic N) is 3. The van der Waals surface area contributed by atoms with E-state index in [4.69, 9.17) is 19.7 Å². The molecule has 0 radical (unpaired) electrons. The van der Waals surface area contributed by atoms with Crippen LogP contribution in [-0.4, -0.2) is 59.5 Å². The normalized spacial score (nSPS) is 25.3. The van der Waals surface area contributed by atoms with Crippen LogP contribution >= 0.6 is 0 Å². The second-order valence-corrected chi connectivity index (χ2v) is 5.64. The monoisotopic (exact) mass is 329 g/mol. The maximum Gasteiger partial charge on any atom is 0.333 e. The zero-order valence-corrected chi connectivity index (χ0v) is 13.5. The van der Waals surface area contributed by atoms with Gasteiger partial charge < -0.3 is 24.4 Å². The van der Waals surface area contributed by atoms with Crippen LogP contribution in [0.2, 0.25) is 0 Å². The number of rotatable bonds is 8. The molecule has 2 N–H and O–H groups in total. The van der Waals surface area contributed by atoms with Gasteiger partial charge in [-0.05, 0) is 26.3 Å². The number of carbonyl (C=O) groups is 1. The van der Waals surface area contributed by atoms with Crippen molar-refractivity contribution in [2.45, 2.75) is 57.4 Å². The number of hydrogen-bond acceptors (Lipinski definition) is 7. The van der Waals surface area contributed by atoms with E-state index in [2.05, 4.69) is 16.6 Å². The molecule has 23 heavy (non-hydrogen) atoms. The van der Waals surface area contributed by atoms with Crippen molar-refractivity contribution in [1.29, 1.82) is 0 Å². The molecule has 1 rings (SSSR count). The van der Waals surface area contributed by atoms with E-state index in [1.165, 1.54) is 0 Å². The van der Waals surface area contributed by atoms with Gasteiger partial charge in [-0.1, -0.05) is 11.7 Å². The van der Waals surface area contributed by atoms with Crippen LogP contribution in [0.25, 0.3) is 10.4 Å². The number of hydrogen-bond donors (Lipinski definition) is 2. The third-order valence-corrected chi connectivity index (χ3v) is 3.27. The summed E-state index contributed by atoms with van der Waals surface area (Å²) >= 11 is 0. The van der Waals surface area contributed by atoms with Crippen LogP contribution in [-0.2, 0) is 19.0 Å². The van der Waals surface area contributed by atoms with E-state index in [1.54, 1.807) is 20.8 Å². The number of carbonyl (C=O) groups excluding carboxylic acids is 1. The third kappa shape index (κ3) is 5.49. The van der Waals surface area contributed by atoms with E-state index in [0.29, 0.717) is 0 Å². The molecule has 1 saturated heterocycles. The van der Waals surface area contributed by atoms with Crippen LogP contribution in [0.4, 0.5) is 0 Å². The summed E-state index contributed by atoms with van der Waals surface area (Å²) in [6.45, 7) is 8.50. The van der Waals surface area contributed by atoms with E-state index >= 15 is 0 Å². The van der Waals surface area contributed by atoms with Crippen LogP contribution < -0.4 is 0 Å². The highest BCUT2D eigenvalue weighted by Gasteiger charge is 2.47. The smallest absolute Gasteiger partial charge is 0.333 e. The van der Waals surface area contributed by atoms with E-state index in [1.807, 2.05) is 0 Å². The number of ether oxygens (including phenoxy) is 3. The summed E-state index contributed by atoms with van der Waals surface area (Å²) in [5.74, 6) is -1.63. The van der Waals surface area contributed by atoms with Gasteiger partial charge in [-0.2, -0.15) is 0 Å². The van der Waals surface area contributed by atoms with E-state index in [9.17, 15) is 15.0 Å². The molecule has 1 aliphatic rings. The molecule has 0 saturated carbocycles. The van der Waals surface area contributed by atoms with Crippen molar-refractivity contribution in [3.63, 3.8) is 0 Å². The first-order valence-corrected chi connectivity index (χ1v) is 7.29. The van der Waals surface area contributed by atoms with Gasteiger partial charge >= 0.3 is 5.97 Å². The Hall–Kier alpha value is -1.64. The second kappa shape index (κ2) is 8.28. The van der Waals surface area contributed by atoms with E-state index in [0.717, 1.165) is 0 Å². The molecule has 0 bridgehead atoms. The fraction of sp³-hybridized carbons (Fsp3) is 0.786. The van der Waals surface area contributed by atoms with Crippen LogP contribution in [0.15, 0.2) is 17.3 Å². The Labute approximate surface area is 134 Å². The van der Waals surface area contributed by atoms with Crippen LogP contribution in [0, 0.1) is 0 Å². The van der Waals surface area contributed by atoms with Gasteiger partial charge in [-0.3, -0.25) is 0 Å². The standard InChI is InChI=1S/C14H23N3O6/c1-5-21-13(20)8(2)6-9(18)11-12(10(19)7-16-17-15)23-14(3,4)22-11/h9-12,18-19H,2,5-7H2,1,3-4H3/t9-,10+,11+,12?/m0/s1. The molecule has 0 aromatic carbocycles. The zero-order valence-electron chi connectivity index (χ0n) is 13.5. The third-order valence-electron chi connectivity index (χ3n) is 3.27. The Morgan fingerprint density at radius 3 is 2.48 bits per heavy atom. The van der Waals surface area contributed by atoms with E-state index in [-0.39, 0.29) is 25.1 Å². The number of aliphatic hydroxyl groups is 2. The SMILES string of the molecule is C=C(C[C@H](O)[C@H]1OC(C)(C)OC1[C@H](O)CN=[N+]=[N-])C(=O)OCC. The lowest BCUT2D eigenvalue weighted by atomic mass is 9.98. The van der Waals surface area contributed by atoms with Crippen molar-refractivity contribution in [2.75, 3.05) is 13.2 Å². The van der Waals surface area contributed by atoms with Crippen molar-refractivity contribution >= 4 is 5.97 Å². The lowest BCUT2D eigenvalue weighted by Crippen LogP contribution is -2.43. The van der Waals surface area contributed by atoms with Gasteiger partial charge in [0, 0.05) is 16.9 Å². The van der Waals surface area contributed by atoms with Gasteiger partial charge in [-0.25, -0.2) is 4.79 Å². The quantitative estimate of drug-likeness (QED) is 0.225. The van der Waals surface area contributed by atoms with Crippen molar-refractivity contribution in [1.82, 2.24) is 0 Å². The molecule has 0 aromatic rings. The van der Waals surface area contributed by atoms with Gasteiger partial charge in [0.15, 0.2) is 5.79 Å². The molecular formula is C14H23N3O6. The van der Waals surface area contributed by atoms with Gasteiger partial charge in [0.25, 0.3) is 0 Å². The van der Waals surface area contributed by atoms with Crippen molar-refractivity contribution in [2.24, 2.45) is 5.11 Å². The highest BCUT2D eigenvalue weighted by molar-refractivity contribution is 5.87. The minimum atomic E-state index is -1.15. The molecule has 130 valence electrons. The lowest BCUT2D eigenvalue weighted by Gasteiger charge is -2.25. The van der Waals surface area contributed by atoms with Crippen molar-refractivity contribution in [3.8, 4) is 0 Å². The first kappa shape index (κ1) is 19.4.